The molecule has 0 N–H and O–H groups in total. The van der Waals surface area contributed by atoms with Crippen molar-refractivity contribution in [2.45, 2.75) is 51.6 Å². The maximum atomic E-state index is 10.4. The average molecular weight is 248 g/mol. The van der Waals surface area contributed by atoms with Crippen molar-refractivity contribution in [2.75, 3.05) is 0 Å². The minimum Gasteiger partial charge on any atom is -0.211 e. The summed E-state index contributed by atoms with van der Waals surface area (Å²) in [5, 5.41) is 0. The SMILES string of the molecule is CC(N=C=O)C1CC2CCC1CC2C(C)N=C=O. The van der Waals surface area contributed by atoms with E-state index in [1.54, 1.807) is 12.2 Å². The molecular weight excluding hydrogens is 228 g/mol. The molecule has 3 fully saturated rings. The van der Waals surface area contributed by atoms with Crippen molar-refractivity contribution >= 4 is 12.2 Å². The number of aliphatic imine (C=N–C) groups is 2. The van der Waals surface area contributed by atoms with Gasteiger partial charge in [0, 0.05) is 0 Å². The highest BCUT2D eigenvalue weighted by Gasteiger charge is 2.45. The molecule has 0 radical (unpaired) electrons. The zero-order valence-electron chi connectivity index (χ0n) is 11.0. The summed E-state index contributed by atoms with van der Waals surface area (Å²) >= 11 is 0. The van der Waals surface area contributed by atoms with E-state index in [1.807, 2.05) is 13.8 Å². The van der Waals surface area contributed by atoms with Gasteiger partial charge in [0.25, 0.3) is 0 Å². The van der Waals surface area contributed by atoms with Gasteiger partial charge in [-0.15, -0.1) is 0 Å². The Morgan fingerprint density at radius 2 is 1.28 bits per heavy atom. The number of nitrogens with zero attached hydrogens (tertiary/aromatic N) is 2. The molecule has 3 aliphatic carbocycles. The summed E-state index contributed by atoms with van der Waals surface area (Å²) in [6, 6.07) is 0.169. The van der Waals surface area contributed by atoms with Crippen molar-refractivity contribution in [1.82, 2.24) is 0 Å². The molecule has 0 spiro atoms. The maximum absolute atomic E-state index is 10.4. The first kappa shape index (κ1) is 13.2. The Morgan fingerprint density at radius 3 is 1.56 bits per heavy atom. The van der Waals surface area contributed by atoms with Crippen LogP contribution in [0.5, 0.6) is 0 Å². The third-order valence-corrected chi connectivity index (χ3v) is 5.02. The van der Waals surface area contributed by atoms with Crippen LogP contribution in [0.2, 0.25) is 0 Å². The van der Waals surface area contributed by atoms with Crippen molar-refractivity contribution in [3.63, 3.8) is 0 Å². The van der Waals surface area contributed by atoms with E-state index in [0.29, 0.717) is 23.7 Å². The summed E-state index contributed by atoms with van der Waals surface area (Å²) < 4.78 is 0. The first-order valence-electron chi connectivity index (χ1n) is 6.81. The van der Waals surface area contributed by atoms with E-state index < -0.39 is 0 Å². The van der Waals surface area contributed by atoms with Crippen LogP contribution in [-0.4, -0.2) is 24.2 Å². The van der Waals surface area contributed by atoms with Crippen molar-refractivity contribution < 1.29 is 9.59 Å². The molecule has 0 amide bonds. The van der Waals surface area contributed by atoms with Gasteiger partial charge in [-0.25, -0.2) is 19.6 Å². The molecule has 0 aromatic rings. The van der Waals surface area contributed by atoms with Crippen LogP contribution >= 0.6 is 0 Å². The molecule has 0 aromatic carbocycles. The molecule has 3 aliphatic rings. The lowest BCUT2D eigenvalue weighted by molar-refractivity contribution is 0.0223. The van der Waals surface area contributed by atoms with Crippen molar-refractivity contribution in [2.24, 2.45) is 33.7 Å². The normalized spacial score (nSPS) is 37.2. The Hall–Kier alpha value is -1.24. The maximum Gasteiger partial charge on any atom is 0.235 e. The highest BCUT2D eigenvalue weighted by atomic mass is 16.1. The van der Waals surface area contributed by atoms with Crippen LogP contribution in [0.1, 0.15) is 39.5 Å². The Bertz CT molecular complexity index is 359. The van der Waals surface area contributed by atoms with Crippen LogP contribution in [0.3, 0.4) is 0 Å². The Labute approximate surface area is 108 Å². The molecule has 0 heterocycles. The fourth-order valence-electron chi connectivity index (χ4n) is 4.07. The molecule has 3 rings (SSSR count). The number of hydrogen-bond donors (Lipinski definition) is 0. The zero-order chi connectivity index (χ0) is 13.1. The second kappa shape index (κ2) is 5.60. The lowest BCUT2D eigenvalue weighted by atomic mass is 9.57. The average Bonchev–Trinajstić information content (AvgIpc) is 2.39. The molecule has 0 aromatic heterocycles. The molecule has 6 atom stereocenters. The monoisotopic (exact) mass is 248 g/mol. The fourth-order valence-corrected chi connectivity index (χ4v) is 4.07. The van der Waals surface area contributed by atoms with E-state index in [4.69, 9.17) is 0 Å². The van der Waals surface area contributed by atoms with Gasteiger partial charge in [0.1, 0.15) is 0 Å². The Kier molecular flexibility index (Phi) is 4.11. The number of isocyanates is 2. The summed E-state index contributed by atoms with van der Waals surface area (Å²) in [6.45, 7) is 4.02. The second-order valence-corrected chi connectivity index (χ2v) is 5.82. The van der Waals surface area contributed by atoms with Crippen molar-refractivity contribution in [1.29, 1.82) is 0 Å². The van der Waals surface area contributed by atoms with Crippen LogP contribution in [0.25, 0.3) is 0 Å². The molecular formula is C14H20N2O2. The molecule has 4 heteroatoms. The topological polar surface area (TPSA) is 58.9 Å². The molecule has 2 bridgehead atoms. The minimum atomic E-state index is 0.0844. The first-order chi connectivity index (χ1) is 8.67. The number of hydrogen-bond acceptors (Lipinski definition) is 4. The van der Waals surface area contributed by atoms with Gasteiger partial charge in [0.05, 0.1) is 12.1 Å². The summed E-state index contributed by atoms with van der Waals surface area (Å²) in [7, 11) is 0. The predicted molar refractivity (Wildman–Crippen MR) is 67.6 cm³/mol. The van der Waals surface area contributed by atoms with Crippen molar-refractivity contribution in [3.05, 3.63) is 0 Å². The molecule has 4 nitrogen and oxygen atoms in total. The molecule has 98 valence electrons. The van der Waals surface area contributed by atoms with Gasteiger partial charge in [0.2, 0.25) is 12.2 Å². The predicted octanol–water partition coefficient (Wildman–Crippen LogP) is 2.49. The summed E-state index contributed by atoms with van der Waals surface area (Å²) in [4.78, 5) is 28.5. The lowest BCUT2D eigenvalue weighted by Gasteiger charge is -2.49. The molecule has 6 unspecified atom stereocenters. The van der Waals surface area contributed by atoms with Gasteiger partial charge in [-0.1, -0.05) is 0 Å². The molecule has 18 heavy (non-hydrogen) atoms. The van der Waals surface area contributed by atoms with E-state index in [-0.39, 0.29) is 12.1 Å². The van der Waals surface area contributed by atoms with Gasteiger partial charge in [-0.2, -0.15) is 0 Å². The summed E-state index contributed by atoms with van der Waals surface area (Å²) in [5.41, 5.74) is 0. The van der Waals surface area contributed by atoms with Gasteiger partial charge >= 0.3 is 0 Å². The van der Waals surface area contributed by atoms with E-state index >= 15 is 0 Å². The third-order valence-electron chi connectivity index (χ3n) is 5.02. The standard InChI is InChI=1S/C14H20N2O2/c1-9(15-7-17)13-5-12-4-3-11(13)6-14(12)10(2)16-8-18/h9-14H,3-6H2,1-2H3. The lowest BCUT2D eigenvalue weighted by Crippen LogP contribution is -2.44. The van der Waals surface area contributed by atoms with Crippen LogP contribution in [0.4, 0.5) is 0 Å². The van der Waals surface area contributed by atoms with Crippen LogP contribution in [-0.2, 0) is 9.59 Å². The number of fused-ring (bicyclic) bond motifs is 3. The van der Waals surface area contributed by atoms with Crippen molar-refractivity contribution in [3.8, 4) is 0 Å². The number of rotatable bonds is 4. The molecule has 0 aliphatic heterocycles. The smallest absolute Gasteiger partial charge is 0.211 e. The van der Waals surface area contributed by atoms with E-state index in [1.165, 1.54) is 12.8 Å². The molecule has 3 saturated carbocycles. The third kappa shape index (κ3) is 2.45. The quantitative estimate of drug-likeness (QED) is 0.567. The van der Waals surface area contributed by atoms with E-state index in [2.05, 4.69) is 9.98 Å². The van der Waals surface area contributed by atoms with Gasteiger partial charge < -0.3 is 0 Å². The van der Waals surface area contributed by atoms with Gasteiger partial charge in [0.15, 0.2) is 0 Å². The minimum absolute atomic E-state index is 0.0844. The largest absolute Gasteiger partial charge is 0.235 e. The Morgan fingerprint density at radius 1 is 0.889 bits per heavy atom. The van der Waals surface area contributed by atoms with Gasteiger partial charge in [-0.3, -0.25) is 0 Å². The fraction of sp³-hybridized carbons (Fsp3) is 0.857. The number of carbonyl (C=O) groups excluding carboxylic acids is 2. The summed E-state index contributed by atoms with van der Waals surface area (Å²) in [6.07, 6.45) is 8.04. The van der Waals surface area contributed by atoms with Gasteiger partial charge in [-0.05, 0) is 63.2 Å². The highest BCUT2D eigenvalue weighted by molar-refractivity contribution is 5.34. The van der Waals surface area contributed by atoms with Crippen LogP contribution < -0.4 is 0 Å². The van der Waals surface area contributed by atoms with Crippen LogP contribution in [0, 0.1) is 23.7 Å². The van der Waals surface area contributed by atoms with Crippen LogP contribution in [0.15, 0.2) is 9.98 Å². The van der Waals surface area contributed by atoms with E-state index in [9.17, 15) is 9.59 Å². The molecule has 0 saturated heterocycles. The zero-order valence-corrected chi connectivity index (χ0v) is 11.0. The second-order valence-electron chi connectivity index (χ2n) is 5.82. The first-order valence-corrected chi connectivity index (χ1v) is 6.81. The Balaban J connectivity index is 2.07. The highest BCUT2D eigenvalue weighted by Crippen LogP contribution is 2.51. The van der Waals surface area contributed by atoms with E-state index in [0.717, 1.165) is 12.8 Å². The summed E-state index contributed by atoms with van der Waals surface area (Å²) in [5.74, 6) is 2.26.